The molecular weight excluding hydrogens is 266 g/mol. The third-order valence-corrected chi connectivity index (χ3v) is 3.63. The van der Waals surface area contributed by atoms with E-state index in [0.29, 0.717) is 0 Å². The molecule has 0 heterocycles. The van der Waals surface area contributed by atoms with Gasteiger partial charge in [-0.3, -0.25) is 5.84 Å². The van der Waals surface area contributed by atoms with Crippen molar-refractivity contribution in [1.29, 1.82) is 0 Å². The Kier molecular flexibility index (Phi) is 4.52. The molecule has 2 aromatic rings. The van der Waals surface area contributed by atoms with Crippen LogP contribution in [0.1, 0.15) is 17.2 Å². The van der Waals surface area contributed by atoms with Crippen molar-refractivity contribution < 1.29 is 8.78 Å². The number of hydrogen-bond donors (Lipinski definition) is 2. The van der Waals surface area contributed by atoms with E-state index >= 15 is 0 Å². The highest BCUT2D eigenvalue weighted by Gasteiger charge is 2.17. The molecule has 0 saturated heterocycles. The summed E-state index contributed by atoms with van der Waals surface area (Å²) in [5, 5.41) is 0. The van der Waals surface area contributed by atoms with Crippen molar-refractivity contribution in [3.8, 4) is 0 Å². The molecule has 0 radical (unpaired) electrons. The SMILES string of the molecule is CSc1ccc(C(NN)c2cc(F)ccc2F)cc1. The van der Waals surface area contributed by atoms with E-state index in [-0.39, 0.29) is 5.56 Å². The minimum absolute atomic E-state index is 0.194. The molecule has 0 aromatic heterocycles. The fourth-order valence-electron chi connectivity index (χ4n) is 1.90. The summed E-state index contributed by atoms with van der Waals surface area (Å²) < 4.78 is 27.0. The second-order valence-corrected chi connectivity index (χ2v) is 4.92. The van der Waals surface area contributed by atoms with Crippen molar-refractivity contribution in [1.82, 2.24) is 5.43 Å². The van der Waals surface area contributed by atoms with Crippen molar-refractivity contribution in [2.75, 3.05) is 6.26 Å². The molecule has 19 heavy (non-hydrogen) atoms. The molecule has 1 unspecified atom stereocenters. The zero-order chi connectivity index (χ0) is 13.8. The van der Waals surface area contributed by atoms with Crippen LogP contribution in [0.25, 0.3) is 0 Å². The first-order chi connectivity index (χ1) is 9.15. The predicted molar refractivity (Wildman–Crippen MR) is 73.7 cm³/mol. The molecule has 3 N–H and O–H groups in total. The number of nitrogens with one attached hydrogen (secondary N) is 1. The minimum atomic E-state index is -0.577. The molecule has 0 aliphatic heterocycles. The van der Waals surface area contributed by atoms with Gasteiger partial charge in [0.15, 0.2) is 0 Å². The molecule has 5 heteroatoms. The molecule has 0 spiro atoms. The number of rotatable bonds is 4. The summed E-state index contributed by atoms with van der Waals surface area (Å²) in [7, 11) is 0. The fourth-order valence-corrected chi connectivity index (χ4v) is 2.31. The Bertz CT molecular complexity index is 558. The molecule has 0 amide bonds. The van der Waals surface area contributed by atoms with Crippen LogP contribution in [0.15, 0.2) is 47.4 Å². The van der Waals surface area contributed by atoms with Crippen LogP contribution < -0.4 is 11.3 Å². The lowest BCUT2D eigenvalue weighted by Crippen LogP contribution is -2.29. The Morgan fingerprint density at radius 1 is 1.11 bits per heavy atom. The Hall–Kier alpha value is -1.43. The first kappa shape index (κ1) is 14.0. The van der Waals surface area contributed by atoms with Crippen molar-refractivity contribution >= 4 is 11.8 Å². The van der Waals surface area contributed by atoms with Gasteiger partial charge in [0.25, 0.3) is 0 Å². The van der Waals surface area contributed by atoms with Gasteiger partial charge in [-0.05, 0) is 42.2 Å². The van der Waals surface area contributed by atoms with Gasteiger partial charge >= 0.3 is 0 Å². The van der Waals surface area contributed by atoms with E-state index in [1.807, 2.05) is 30.5 Å². The van der Waals surface area contributed by atoms with E-state index in [0.717, 1.165) is 28.7 Å². The summed E-state index contributed by atoms with van der Waals surface area (Å²) in [4.78, 5) is 1.10. The number of thioether (sulfide) groups is 1. The van der Waals surface area contributed by atoms with E-state index in [2.05, 4.69) is 5.43 Å². The van der Waals surface area contributed by atoms with Gasteiger partial charge in [-0.1, -0.05) is 12.1 Å². The van der Waals surface area contributed by atoms with Gasteiger partial charge in [0.1, 0.15) is 11.6 Å². The van der Waals surface area contributed by atoms with Gasteiger partial charge < -0.3 is 0 Å². The lowest BCUT2D eigenvalue weighted by Gasteiger charge is -2.18. The number of hydrazine groups is 1. The molecule has 0 aliphatic rings. The van der Waals surface area contributed by atoms with Crippen molar-refractivity contribution in [2.45, 2.75) is 10.9 Å². The maximum Gasteiger partial charge on any atom is 0.128 e. The molecule has 0 fully saturated rings. The van der Waals surface area contributed by atoms with Gasteiger partial charge in [-0.2, -0.15) is 0 Å². The number of nitrogens with two attached hydrogens (primary N) is 1. The van der Waals surface area contributed by atoms with Crippen molar-refractivity contribution in [3.05, 3.63) is 65.2 Å². The van der Waals surface area contributed by atoms with Crippen LogP contribution in [0.3, 0.4) is 0 Å². The van der Waals surface area contributed by atoms with E-state index < -0.39 is 17.7 Å². The summed E-state index contributed by atoms with van der Waals surface area (Å²) >= 11 is 1.61. The first-order valence-corrected chi connectivity index (χ1v) is 6.93. The van der Waals surface area contributed by atoms with Crippen LogP contribution in [0.4, 0.5) is 8.78 Å². The van der Waals surface area contributed by atoms with E-state index in [1.54, 1.807) is 11.8 Å². The van der Waals surface area contributed by atoms with Crippen molar-refractivity contribution in [3.63, 3.8) is 0 Å². The maximum atomic E-state index is 13.8. The van der Waals surface area contributed by atoms with Crippen LogP contribution in [-0.4, -0.2) is 6.26 Å². The molecule has 2 nitrogen and oxygen atoms in total. The van der Waals surface area contributed by atoms with Gasteiger partial charge in [-0.15, -0.1) is 11.8 Å². The molecule has 1 atom stereocenters. The highest BCUT2D eigenvalue weighted by Crippen LogP contribution is 2.26. The Morgan fingerprint density at radius 3 is 2.37 bits per heavy atom. The number of hydrogen-bond acceptors (Lipinski definition) is 3. The van der Waals surface area contributed by atoms with Gasteiger partial charge in [0.05, 0.1) is 6.04 Å². The minimum Gasteiger partial charge on any atom is -0.271 e. The van der Waals surface area contributed by atoms with Crippen molar-refractivity contribution in [2.24, 2.45) is 5.84 Å². The van der Waals surface area contributed by atoms with Crippen LogP contribution in [0, 0.1) is 11.6 Å². The summed E-state index contributed by atoms with van der Waals surface area (Å²) in [5.74, 6) is 4.51. The molecule has 0 saturated carbocycles. The third kappa shape index (κ3) is 3.12. The molecule has 2 rings (SSSR count). The molecule has 2 aromatic carbocycles. The topological polar surface area (TPSA) is 38.0 Å². The van der Waals surface area contributed by atoms with Gasteiger partial charge in [0, 0.05) is 10.5 Å². The Morgan fingerprint density at radius 2 is 1.79 bits per heavy atom. The van der Waals surface area contributed by atoms with Crippen LogP contribution in [0.2, 0.25) is 0 Å². The lowest BCUT2D eigenvalue weighted by molar-refractivity contribution is 0.545. The predicted octanol–water partition coefficient (Wildman–Crippen LogP) is 3.24. The van der Waals surface area contributed by atoms with Crippen LogP contribution in [-0.2, 0) is 0 Å². The monoisotopic (exact) mass is 280 g/mol. The van der Waals surface area contributed by atoms with Crippen LogP contribution >= 0.6 is 11.8 Å². The van der Waals surface area contributed by atoms with E-state index in [1.165, 1.54) is 0 Å². The third-order valence-electron chi connectivity index (χ3n) is 2.88. The quantitative estimate of drug-likeness (QED) is 0.513. The van der Waals surface area contributed by atoms with Gasteiger partial charge in [-0.25, -0.2) is 14.2 Å². The lowest BCUT2D eigenvalue weighted by atomic mass is 9.99. The zero-order valence-corrected chi connectivity index (χ0v) is 11.2. The second kappa shape index (κ2) is 6.14. The van der Waals surface area contributed by atoms with Crippen LogP contribution in [0.5, 0.6) is 0 Å². The van der Waals surface area contributed by atoms with E-state index in [9.17, 15) is 8.78 Å². The summed E-state index contributed by atoms with van der Waals surface area (Å²) in [5.41, 5.74) is 3.50. The smallest absolute Gasteiger partial charge is 0.128 e. The summed E-state index contributed by atoms with van der Waals surface area (Å²) in [6, 6.07) is 10.3. The first-order valence-electron chi connectivity index (χ1n) is 5.70. The Balaban J connectivity index is 2.40. The second-order valence-electron chi connectivity index (χ2n) is 4.04. The molecule has 0 aliphatic carbocycles. The summed E-state index contributed by atoms with van der Waals surface area (Å²) in [6.07, 6.45) is 1.97. The maximum absolute atomic E-state index is 13.8. The highest BCUT2D eigenvalue weighted by atomic mass is 32.2. The Labute approximate surface area is 115 Å². The standard InChI is InChI=1S/C14H14F2N2S/c1-19-11-5-2-9(3-6-11)14(18-17)12-8-10(15)4-7-13(12)16/h2-8,14,18H,17H2,1H3. The average Bonchev–Trinajstić information content (AvgIpc) is 2.44. The van der Waals surface area contributed by atoms with E-state index in [4.69, 9.17) is 5.84 Å². The molecular formula is C14H14F2N2S. The fraction of sp³-hybridized carbons (Fsp3) is 0.143. The summed E-state index contributed by atoms with van der Waals surface area (Å²) in [6.45, 7) is 0. The largest absolute Gasteiger partial charge is 0.271 e. The van der Waals surface area contributed by atoms with Gasteiger partial charge in [0.2, 0.25) is 0 Å². The number of halogens is 2. The molecule has 0 bridgehead atoms. The molecule has 100 valence electrons. The normalized spacial score (nSPS) is 12.4. The number of benzene rings is 2. The average molecular weight is 280 g/mol. The zero-order valence-electron chi connectivity index (χ0n) is 10.4. The highest BCUT2D eigenvalue weighted by molar-refractivity contribution is 7.98.